The number of benzene rings is 1. The molecule has 2 N–H and O–H groups in total. The second-order valence-electron chi connectivity index (χ2n) is 7.55. The largest absolute Gasteiger partial charge is 0.495 e. The first-order valence-electron chi connectivity index (χ1n) is 9.42. The van der Waals surface area contributed by atoms with Gasteiger partial charge in [0.25, 0.3) is 0 Å². The molecule has 0 bridgehead atoms. The normalized spacial score (nSPS) is 24.1. The van der Waals surface area contributed by atoms with E-state index >= 15 is 0 Å². The molecule has 0 aliphatic carbocycles. The van der Waals surface area contributed by atoms with Crippen molar-refractivity contribution in [2.24, 2.45) is 5.92 Å². The Kier molecular flexibility index (Phi) is 7.42. The molecule has 8 heteroatoms. The van der Waals surface area contributed by atoms with Crippen molar-refractivity contribution in [2.45, 2.75) is 51.0 Å². The van der Waals surface area contributed by atoms with Crippen LogP contribution in [-0.4, -0.2) is 57.4 Å². The zero-order chi connectivity index (χ0) is 21.1. The smallest absolute Gasteiger partial charge is 0.409 e. The summed E-state index contributed by atoms with van der Waals surface area (Å²) in [6.07, 6.45) is -0.0919. The highest BCUT2D eigenvalue weighted by molar-refractivity contribution is 6.34. The number of carbonyl (C=O) groups is 1. The zero-order valence-electron chi connectivity index (χ0n) is 17.4. The zero-order valence-corrected chi connectivity index (χ0v) is 18.2. The van der Waals surface area contributed by atoms with E-state index in [1.807, 2.05) is 45.0 Å². The third kappa shape index (κ3) is 4.82. The van der Waals surface area contributed by atoms with Crippen molar-refractivity contribution in [1.29, 1.82) is 0 Å². The minimum Gasteiger partial charge on any atom is -0.495 e. The topological polar surface area (TPSA) is 80.3 Å². The summed E-state index contributed by atoms with van der Waals surface area (Å²) in [7, 11) is 6.94. The number of methoxy groups -OCH3 is 2. The lowest BCUT2D eigenvalue weighted by Gasteiger charge is -2.43. The van der Waals surface area contributed by atoms with Gasteiger partial charge < -0.3 is 24.2 Å². The number of ether oxygens (including phenoxy) is 3. The van der Waals surface area contributed by atoms with Gasteiger partial charge in [-0.1, -0.05) is 25.4 Å². The Hall–Kier alpha value is -1.70. The van der Waals surface area contributed by atoms with Gasteiger partial charge in [-0.15, -0.1) is 0 Å². The standard InChI is InChI=1S/C20H31ClN2O5/c1-7-14-11-20(25,22-19(24)28-14)18(27-6)12(2)8-13-9-15(23(3)4)17(21)16(10-13)26-5/h9-10,12,14,18,25H,7-8,11H2,1-6H3,(H,22,24)/t12?,14-,18-,20+/m1/s1. The molecule has 1 amide bonds. The Morgan fingerprint density at radius 3 is 2.64 bits per heavy atom. The van der Waals surface area contributed by atoms with Gasteiger partial charge in [0.1, 0.15) is 23.0 Å². The van der Waals surface area contributed by atoms with E-state index in [2.05, 4.69) is 5.32 Å². The quantitative estimate of drug-likeness (QED) is 0.680. The highest BCUT2D eigenvalue weighted by Crippen LogP contribution is 2.37. The highest BCUT2D eigenvalue weighted by Gasteiger charge is 2.47. The molecule has 1 aliphatic heterocycles. The molecule has 2 rings (SSSR count). The maximum atomic E-state index is 11.9. The highest BCUT2D eigenvalue weighted by atomic mass is 35.5. The van der Waals surface area contributed by atoms with Crippen LogP contribution >= 0.6 is 11.6 Å². The van der Waals surface area contributed by atoms with Crippen LogP contribution in [0.1, 0.15) is 32.3 Å². The monoisotopic (exact) mass is 414 g/mol. The number of cyclic esters (lactones) is 1. The average Bonchev–Trinajstić information content (AvgIpc) is 2.62. The minimum atomic E-state index is -1.49. The number of aliphatic hydroxyl groups is 1. The van der Waals surface area contributed by atoms with Crippen LogP contribution in [0, 0.1) is 5.92 Å². The molecule has 0 saturated carbocycles. The van der Waals surface area contributed by atoms with Gasteiger partial charge in [-0.05, 0) is 36.5 Å². The number of carbonyl (C=O) groups excluding carboxylic acids is 1. The summed E-state index contributed by atoms with van der Waals surface area (Å²) in [5, 5.41) is 14.2. The van der Waals surface area contributed by atoms with Gasteiger partial charge >= 0.3 is 6.09 Å². The molecule has 28 heavy (non-hydrogen) atoms. The number of rotatable bonds is 8. The predicted octanol–water partition coefficient (Wildman–Crippen LogP) is 3.21. The first kappa shape index (κ1) is 22.6. The van der Waals surface area contributed by atoms with E-state index in [-0.39, 0.29) is 18.4 Å². The number of amides is 1. The van der Waals surface area contributed by atoms with E-state index in [9.17, 15) is 9.90 Å². The molecule has 158 valence electrons. The van der Waals surface area contributed by atoms with Crippen LogP contribution in [0.2, 0.25) is 5.02 Å². The van der Waals surface area contributed by atoms with E-state index in [0.717, 1.165) is 11.3 Å². The number of nitrogens with one attached hydrogen (secondary N) is 1. The Morgan fingerprint density at radius 1 is 1.43 bits per heavy atom. The molecule has 1 aromatic rings. The van der Waals surface area contributed by atoms with Crippen molar-refractivity contribution in [3.05, 3.63) is 22.7 Å². The summed E-state index contributed by atoms with van der Waals surface area (Å²) < 4.78 is 16.3. The Bertz CT molecular complexity index is 699. The molecular formula is C20H31ClN2O5. The fourth-order valence-electron chi connectivity index (χ4n) is 3.82. The first-order chi connectivity index (χ1) is 13.1. The Labute approximate surface area is 171 Å². The lowest BCUT2D eigenvalue weighted by Crippen LogP contribution is -2.64. The number of anilines is 1. The lowest BCUT2D eigenvalue weighted by atomic mass is 9.85. The first-order valence-corrected chi connectivity index (χ1v) is 9.80. The number of hydrogen-bond acceptors (Lipinski definition) is 6. The molecule has 1 heterocycles. The van der Waals surface area contributed by atoms with Gasteiger partial charge in [0.15, 0.2) is 5.72 Å². The van der Waals surface area contributed by atoms with Crippen molar-refractivity contribution in [3.8, 4) is 5.75 Å². The Balaban J connectivity index is 2.28. The van der Waals surface area contributed by atoms with Crippen LogP contribution in [-0.2, 0) is 15.9 Å². The molecule has 1 unspecified atom stereocenters. The SMILES string of the molecule is CC[C@@H]1C[C@](O)([C@H](OC)C(C)Cc2cc(OC)c(Cl)c(N(C)C)c2)NC(=O)O1. The second-order valence-corrected chi connectivity index (χ2v) is 7.93. The van der Waals surface area contributed by atoms with Gasteiger partial charge in [-0.3, -0.25) is 5.32 Å². The number of alkyl carbamates (subject to hydrolysis) is 1. The fourth-order valence-corrected chi connectivity index (χ4v) is 4.17. The minimum absolute atomic E-state index is 0.105. The molecule has 1 fully saturated rings. The van der Waals surface area contributed by atoms with Crippen molar-refractivity contribution in [2.75, 3.05) is 33.2 Å². The van der Waals surface area contributed by atoms with E-state index in [4.69, 9.17) is 25.8 Å². The number of hydrogen-bond donors (Lipinski definition) is 2. The van der Waals surface area contributed by atoms with Crippen LogP contribution in [0.4, 0.5) is 10.5 Å². The van der Waals surface area contributed by atoms with E-state index < -0.39 is 17.9 Å². The fraction of sp³-hybridized carbons (Fsp3) is 0.650. The second kappa shape index (κ2) is 9.20. The molecular weight excluding hydrogens is 384 g/mol. The summed E-state index contributed by atoms with van der Waals surface area (Å²) in [4.78, 5) is 13.8. The third-order valence-corrected chi connectivity index (χ3v) is 5.55. The average molecular weight is 415 g/mol. The van der Waals surface area contributed by atoms with Crippen molar-refractivity contribution in [3.63, 3.8) is 0 Å². The van der Waals surface area contributed by atoms with Gasteiger partial charge in [-0.25, -0.2) is 4.79 Å². The number of nitrogens with zero attached hydrogens (tertiary/aromatic N) is 1. The van der Waals surface area contributed by atoms with Gasteiger partial charge in [0.2, 0.25) is 0 Å². The summed E-state index contributed by atoms with van der Waals surface area (Å²) in [6, 6.07) is 3.88. The molecule has 7 nitrogen and oxygen atoms in total. The third-order valence-electron chi connectivity index (χ3n) is 5.17. The van der Waals surface area contributed by atoms with Crippen molar-refractivity contribution < 1.29 is 24.1 Å². The summed E-state index contributed by atoms with van der Waals surface area (Å²) in [6.45, 7) is 3.89. The van der Waals surface area contributed by atoms with Gasteiger partial charge in [-0.2, -0.15) is 0 Å². The predicted molar refractivity (Wildman–Crippen MR) is 109 cm³/mol. The van der Waals surface area contributed by atoms with Crippen LogP contribution in [0.25, 0.3) is 0 Å². The number of halogens is 1. The molecule has 4 atom stereocenters. The van der Waals surface area contributed by atoms with Crippen LogP contribution < -0.4 is 15.0 Å². The molecule has 0 spiro atoms. The molecule has 1 aromatic carbocycles. The van der Waals surface area contributed by atoms with Gasteiger partial charge in [0, 0.05) is 27.6 Å². The van der Waals surface area contributed by atoms with E-state index in [0.29, 0.717) is 23.6 Å². The summed E-state index contributed by atoms with van der Waals surface area (Å²) in [5.74, 6) is 0.486. The van der Waals surface area contributed by atoms with Crippen LogP contribution in [0.5, 0.6) is 5.75 Å². The Morgan fingerprint density at radius 2 is 2.11 bits per heavy atom. The molecule has 0 aromatic heterocycles. The van der Waals surface area contributed by atoms with Crippen molar-refractivity contribution in [1.82, 2.24) is 5.32 Å². The maximum Gasteiger partial charge on any atom is 0.409 e. The molecule has 1 aliphatic rings. The summed E-state index contributed by atoms with van der Waals surface area (Å²) in [5.41, 5.74) is 0.347. The molecule has 0 radical (unpaired) electrons. The van der Waals surface area contributed by atoms with Gasteiger partial charge in [0.05, 0.1) is 12.8 Å². The van der Waals surface area contributed by atoms with Crippen LogP contribution in [0.3, 0.4) is 0 Å². The van der Waals surface area contributed by atoms with Crippen molar-refractivity contribution >= 4 is 23.4 Å². The van der Waals surface area contributed by atoms with E-state index in [1.54, 1.807) is 7.11 Å². The maximum absolute atomic E-state index is 11.9. The van der Waals surface area contributed by atoms with E-state index in [1.165, 1.54) is 7.11 Å². The van der Waals surface area contributed by atoms with Crippen LogP contribution in [0.15, 0.2) is 12.1 Å². The lowest BCUT2D eigenvalue weighted by molar-refractivity contribution is -0.165. The summed E-state index contributed by atoms with van der Waals surface area (Å²) >= 11 is 6.40. The molecule has 1 saturated heterocycles.